The first-order valence-corrected chi connectivity index (χ1v) is 6.94. The first-order valence-electron chi connectivity index (χ1n) is 6.94. The number of aromatic nitrogens is 2. The number of likely N-dealkylation sites (tertiary alicyclic amines) is 1. The van der Waals surface area contributed by atoms with Crippen LogP contribution in [-0.2, 0) is 11.8 Å². The smallest absolute Gasteiger partial charge is 0.321 e. The van der Waals surface area contributed by atoms with E-state index in [9.17, 15) is 18.7 Å². The molecule has 0 aromatic carbocycles. The lowest BCUT2D eigenvalue weighted by Gasteiger charge is -2.39. The van der Waals surface area contributed by atoms with E-state index in [1.165, 1.54) is 25.3 Å². The summed E-state index contributed by atoms with van der Waals surface area (Å²) < 4.78 is 32.2. The quantitative estimate of drug-likeness (QED) is 0.878. The van der Waals surface area contributed by atoms with Crippen molar-refractivity contribution in [1.29, 1.82) is 0 Å². The van der Waals surface area contributed by atoms with Crippen LogP contribution >= 0.6 is 0 Å². The molecule has 0 bridgehead atoms. The Hall–Kier alpha value is -1.74. The van der Waals surface area contributed by atoms with Crippen LogP contribution in [-0.4, -0.2) is 58.2 Å². The second kappa shape index (κ2) is 6.57. The SMILES string of the molecule is COC1(CO)CCN(C(=O)Nc2cnn(C)c2C(F)F)CC1. The van der Waals surface area contributed by atoms with Crippen LogP contribution in [0.3, 0.4) is 0 Å². The Morgan fingerprint density at radius 2 is 2.18 bits per heavy atom. The highest BCUT2D eigenvalue weighted by Gasteiger charge is 2.35. The third-order valence-corrected chi connectivity index (χ3v) is 4.12. The van der Waals surface area contributed by atoms with Gasteiger partial charge in [-0.1, -0.05) is 0 Å². The van der Waals surface area contributed by atoms with Crippen molar-refractivity contribution < 1.29 is 23.4 Å². The molecule has 1 aromatic heterocycles. The van der Waals surface area contributed by atoms with Gasteiger partial charge in [-0.05, 0) is 12.8 Å². The van der Waals surface area contributed by atoms with E-state index < -0.39 is 18.1 Å². The van der Waals surface area contributed by atoms with Crippen LogP contribution in [0.25, 0.3) is 0 Å². The molecule has 0 radical (unpaired) electrons. The lowest BCUT2D eigenvalue weighted by Crippen LogP contribution is -2.50. The maximum Gasteiger partial charge on any atom is 0.321 e. The number of amides is 2. The fourth-order valence-corrected chi connectivity index (χ4v) is 2.54. The number of aryl methyl sites for hydroxylation is 1. The maximum absolute atomic E-state index is 12.9. The van der Waals surface area contributed by atoms with Crippen molar-refractivity contribution in [3.05, 3.63) is 11.9 Å². The molecule has 7 nitrogen and oxygen atoms in total. The number of halogens is 2. The molecule has 1 aromatic rings. The molecule has 124 valence electrons. The van der Waals surface area contributed by atoms with E-state index in [1.807, 2.05) is 0 Å². The lowest BCUT2D eigenvalue weighted by atomic mass is 9.92. The Kier molecular flexibility index (Phi) is 4.97. The Labute approximate surface area is 126 Å². The summed E-state index contributed by atoms with van der Waals surface area (Å²) in [4.78, 5) is 13.7. The van der Waals surface area contributed by atoms with E-state index in [1.54, 1.807) is 0 Å². The molecule has 0 aliphatic carbocycles. The molecule has 2 amide bonds. The number of anilines is 1. The molecule has 1 fully saturated rings. The van der Waals surface area contributed by atoms with Crippen molar-refractivity contribution in [2.24, 2.45) is 7.05 Å². The summed E-state index contributed by atoms with van der Waals surface area (Å²) in [6.07, 6.45) is -0.541. The van der Waals surface area contributed by atoms with E-state index >= 15 is 0 Å². The Morgan fingerprint density at radius 3 is 2.68 bits per heavy atom. The molecule has 2 rings (SSSR count). The number of alkyl halides is 2. The number of aliphatic hydroxyl groups excluding tert-OH is 1. The molecule has 1 saturated heterocycles. The highest BCUT2D eigenvalue weighted by molar-refractivity contribution is 5.89. The van der Waals surface area contributed by atoms with Gasteiger partial charge >= 0.3 is 6.03 Å². The van der Waals surface area contributed by atoms with Gasteiger partial charge in [0.1, 0.15) is 5.69 Å². The number of hydrogen-bond donors (Lipinski definition) is 2. The average Bonchev–Trinajstić information content (AvgIpc) is 2.88. The summed E-state index contributed by atoms with van der Waals surface area (Å²) in [5, 5.41) is 15.6. The van der Waals surface area contributed by atoms with Gasteiger partial charge in [-0.25, -0.2) is 13.6 Å². The van der Waals surface area contributed by atoms with Gasteiger partial charge in [-0.3, -0.25) is 4.68 Å². The molecule has 9 heteroatoms. The molecule has 1 aliphatic heterocycles. The van der Waals surface area contributed by atoms with Gasteiger partial charge in [0.2, 0.25) is 0 Å². The summed E-state index contributed by atoms with van der Waals surface area (Å²) in [7, 11) is 2.92. The van der Waals surface area contributed by atoms with Crippen molar-refractivity contribution in [2.75, 3.05) is 32.1 Å². The number of urea groups is 1. The van der Waals surface area contributed by atoms with Crippen LogP contribution < -0.4 is 5.32 Å². The Morgan fingerprint density at radius 1 is 1.55 bits per heavy atom. The number of hydrogen-bond acceptors (Lipinski definition) is 4. The number of aliphatic hydroxyl groups is 1. The average molecular weight is 318 g/mol. The molecular weight excluding hydrogens is 298 g/mol. The van der Waals surface area contributed by atoms with Crippen molar-refractivity contribution in [1.82, 2.24) is 14.7 Å². The number of carbonyl (C=O) groups excluding carboxylic acids is 1. The van der Waals surface area contributed by atoms with Gasteiger partial charge in [0.25, 0.3) is 6.43 Å². The van der Waals surface area contributed by atoms with Crippen LogP contribution in [0.2, 0.25) is 0 Å². The number of methoxy groups -OCH3 is 1. The zero-order valence-corrected chi connectivity index (χ0v) is 12.6. The van der Waals surface area contributed by atoms with Gasteiger partial charge < -0.3 is 20.1 Å². The number of ether oxygens (including phenoxy) is 1. The molecule has 0 unspecified atom stereocenters. The molecule has 0 spiro atoms. The van der Waals surface area contributed by atoms with Crippen molar-refractivity contribution in [3.8, 4) is 0 Å². The normalized spacial score (nSPS) is 17.8. The van der Waals surface area contributed by atoms with Gasteiger partial charge in [-0.15, -0.1) is 0 Å². The highest BCUT2D eigenvalue weighted by atomic mass is 19.3. The third kappa shape index (κ3) is 3.20. The minimum Gasteiger partial charge on any atom is -0.393 e. The Bertz CT molecular complexity index is 521. The predicted molar refractivity (Wildman–Crippen MR) is 74.8 cm³/mol. The summed E-state index contributed by atoms with van der Waals surface area (Å²) in [5.74, 6) is 0. The largest absolute Gasteiger partial charge is 0.393 e. The molecule has 2 N–H and O–H groups in total. The van der Waals surface area contributed by atoms with Crippen molar-refractivity contribution >= 4 is 11.7 Å². The van der Waals surface area contributed by atoms with E-state index in [-0.39, 0.29) is 18.0 Å². The molecular formula is C13H20F2N4O3. The minimum absolute atomic E-state index is 0.00763. The lowest BCUT2D eigenvalue weighted by molar-refractivity contribution is -0.0830. The molecule has 22 heavy (non-hydrogen) atoms. The molecule has 0 atom stereocenters. The van der Waals surface area contributed by atoms with Gasteiger partial charge in [0.15, 0.2) is 0 Å². The standard InChI is InChI=1S/C13H20F2N4O3/c1-18-10(11(14)15)9(7-16-18)17-12(21)19-5-3-13(8-20,22-2)4-6-19/h7,11,20H,3-6,8H2,1-2H3,(H,17,21). The van der Waals surface area contributed by atoms with E-state index in [4.69, 9.17) is 4.74 Å². The zero-order valence-electron chi connectivity index (χ0n) is 12.6. The number of carbonyl (C=O) groups is 1. The van der Waals surface area contributed by atoms with Crippen LogP contribution in [0.5, 0.6) is 0 Å². The topological polar surface area (TPSA) is 79.6 Å². The van der Waals surface area contributed by atoms with Crippen LogP contribution in [0, 0.1) is 0 Å². The monoisotopic (exact) mass is 318 g/mol. The van der Waals surface area contributed by atoms with Crippen LogP contribution in [0.4, 0.5) is 19.3 Å². The number of nitrogens with one attached hydrogen (secondary N) is 1. The highest BCUT2D eigenvalue weighted by Crippen LogP contribution is 2.28. The van der Waals surface area contributed by atoms with Crippen LogP contribution in [0.15, 0.2) is 6.20 Å². The van der Waals surface area contributed by atoms with E-state index in [0.717, 1.165) is 4.68 Å². The molecule has 1 aliphatic rings. The molecule has 0 saturated carbocycles. The first kappa shape index (κ1) is 16.6. The maximum atomic E-state index is 12.9. The predicted octanol–water partition coefficient (Wildman–Crippen LogP) is 1.36. The second-order valence-corrected chi connectivity index (χ2v) is 5.33. The van der Waals surface area contributed by atoms with Gasteiger partial charge in [0.05, 0.1) is 24.1 Å². The fraction of sp³-hybridized carbons (Fsp3) is 0.692. The number of nitrogens with zero attached hydrogens (tertiary/aromatic N) is 3. The number of piperidine rings is 1. The minimum atomic E-state index is -2.72. The van der Waals surface area contributed by atoms with Gasteiger partial charge in [0, 0.05) is 27.2 Å². The van der Waals surface area contributed by atoms with Gasteiger partial charge in [-0.2, -0.15) is 5.10 Å². The fourth-order valence-electron chi connectivity index (χ4n) is 2.54. The summed E-state index contributed by atoms with van der Waals surface area (Å²) in [6.45, 7) is 0.645. The van der Waals surface area contributed by atoms with Crippen molar-refractivity contribution in [2.45, 2.75) is 24.9 Å². The summed E-state index contributed by atoms with van der Waals surface area (Å²) in [5.41, 5.74) is -0.945. The van der Waals surface area contributed by atoms with E-state index in [0.29, 0.717) is 25.9 Å². The summed E-state index contributed by atoms with van der Waals surface area (Å²) >= 11 is 0. The third-order valence-electron chi connectivity index (χ3n) is 4.12. The van der Waals surface area contributed by atoms with Crippen LogP contribution in [0.1, 0.15) is 25.0 Å². The zero-order chi connectivity index (χ0) is 16.3. The van der Waals surface area contributed by atoms with E-state index in [2.05, 4.69) is 10.4 Å². The Balaban J connectivity index is 2.00. The van der Waals surface area contributed by atoms with Crippen molar-refractivity contribution in [3.63, 3.8) is 0 Å². The summed E-state index contributed by atoms with van der Waals surface area (Å²) in [6, 6.07) is -0.461. The molecule has 2 heterocycles. The second-order valence-electron chi connectivity index (χ2n) is 5.33. The first-order chi connectivity index (χ1) is 10.4. The number of rotatable bonds is 4.